The number of hydrogen-bond acceptors (Lipinski definition) is 5. The van der Waals surface area contributed by atoms with Crippen molar-refractivity contribution in [1.82, 2.24) is 15.0 Å². The summed E-state index contributed by atoms with van der Waals surface area (Å²) in [7, 11) is 0. The van der Waals surface area contributed by atoms with Crippen molar-refractivity contribution in [2.75, 3.05) is 13.1 Å². The quantitative estimate of drug-likeness (QED) is 0.851. The summed E-state index contributed by atoms with van der Waals surface area (Å²) in [5.74, 6) is 1.28. The topological polar surface area (TPSA) is 68.5 Å². The maximum atomic E-state index is 12.3. The second kappa shape index (κ2) is 5.32. The Morgan fingerprint density at radius 3 is 2.95 bits per heavy atom. The minimum atomic E-state index is -0.0513. The Bertz CT molecular complexity index is 597. The molecule has 2 aromatic heterocycles. The van der Waals surface area contributed by atoms with Gasteiger partial charge in [0.2, 0.25) is 0 Å². The third-order valence-electron chi connectivity index (χ3n) is 3.37. The molecule has 6 heteroatoms. The van der Waals surface area contributed by atoms with E-state index in [2.05, 4.69) is 10.1 Å². The molecule has 1 aliphatic rings. The number of aryl methyl sites for hydroxylation is 1. The molecule has 0 spiro atoms. The summed E-state index contributed by atoms with van der Waals surface area (Å²) in [5, 5.41) is 3.64. The van der Waals surface area contributed by atoms with Crippen molar-refractivity contribution in [3.05, 3.63) is 42.0 Å². The Morgan fingerprint density at radius 1 is 1.45 bits per heavy atom. The van der Waals surface area contributed by atoms with E-state index in [9.17, 15) is 4.79 Å². The number of amides is 1. The fourth-order valence-corrected chi connectivity index (χ4v) is 2.29. The molecule has 2 aromatic rings. The summed E-state index contributed by atoms with van der Waals surface area (Å²) >= 11 is 0. The highest BCUT2D eigenvalue weighted by Crippen LogP contribution is 2.20. The molecule has 0 N–H and O–H groups in total. The summed E-state index contributed by atoms with van der Waals surface area (Å²) in [4.78, 5) is 18.0. The van der Waals surface area contributed by atoms with Gasteiger partial charge in [-0.15, -0.1) is 0 Å². The standard InChI is InChI=1S/C14H15N3O3/c1-10-13(8-16-20-10)14(18)17-7-4-12(9-17)19-11-2-5-15-6-3-11/h2-3,5-6,8,12H,4,7,9H2,1H3. The van der Waals surface area contributed by atoms with Gasteiger partial charge in [-0.1, -0.05) is 5.16 Å². The van der Waals surface area contributed by atoms with Crippen molar-refractivity contribution in [2.45, 2.75) is 19.4 Å². The Balaban J connectivity index is 1.62. The van der Waals surface area contributed by atoms with E-state index < -0.39 is 0 Å². The van der Waals surface area contributed by atoms with E-state index in [1.165, 1.54) is 6.20 Å². The number of aromatic nitrogens is 2. The number of carbonyl (C=O) groups is 1. The van der Waals surface area contributed by atoms with E-state index in [0.717, 1.165) is 12.2 Å². The van der Waals surface area contributed by atoms with Gasteiger partial charge in [-0.3, -0.25) is 9.78 Å². The average Bonchev–Trinajstić information content (AvgIpc) is 3.08. The third-order valence-corrected chi connectivity index (χ3v) is 3.37. The van der Waals surface area contributed by atoms with Gasteiger partial charge in [0.1, 0.15) is 23.2 Å². The number of likely N-dealkylation sites (tertiary alicyclic amines) is 1. The van der Waals surface area contributed by atoms with Crippen molar-refractivity contribution < 1.29 is 14.1 Å². The fraction of sp³-hybridized carbons (Fsp3) is 0.357. The monoisotopic (exact) mass is 273 g/mol. The lowest BCUT2D eigenvalue weighted by molar-refractivity contribution is 0.0770. The SMILES string of the molecule is Cc1oncc1C(=O)N1CCC(Oc2ccncc2)C1. The Kier molecular flexibility index (Phi) is 3.37. The molecule has 1 amide bonds. The van der Waals surface area contributed by atoms with Crippen LogP contribution < -0.4 is 4.74 Å². The number of nitrogens with zero attached hydrogens (tertiary/aromatic N) is 3. The van der Waals surface area contributed by atoms with Crippen LogP contribution in [0.5, 0.6) is 5.75 Å². The lowest BCUT2D eigenvalue weighted by atomic mass is 10.2. The van der Waals surface area contributed by atoms with Crippen LogP contribution in [0.1, 0.15) is 22.5 Å². The maximum absolute atomic E-state index is 12.3. The van der Waals surface area contributed by atoms with E-state index in [0.29, 0.717) is 24.4 Å². The van der Waals surface area contributed by atoms with E-state index in [1.807, 2.05) is 12.1 Å². The minimum absolute atomic E-state index is 0.0153. The summed E-state index contributed by atoms with van der Waals surface area (Å²) in [5.41, 5.74) is 0.523. The van der Waals surface area contributed by atoms with E-state index in [-0.39, 0.29) is 12.0 Å². The smallest absolute Gasteiger partial charge is 0.259 e. The first-order valence-electron chi connectivity index (χ1n) is 6.51. The second-order valence-corrected chi connectivity index (χ2v) is 4.76. The first-order valence-corrected chi connectivity index (χ1v) is 6.51. The molecule has 20 heavy (non-hydrogen) atoms. The van der Waals surface area contributed by atoms with Gasteiger partial charge in [0.25, 0.3) is 5.91 Å². The van der Waals surface area contributed by atoms with Gasteiger partial charge in [0.05, 0.1) is 12.7 Å². The van der Waals surface area contributed by atoms with Gasteiger partial charge in [-0.2, -0.15) is 0 Å². The maximum Gasteiger partial charge on any atom is 0.259 e. The van der Waals surface area contributed by atoms with Crippen LogP contribution in [0.2, 0.25) is 0 Å². The number of ether oxygens (including phenoxy) is 1. The minimum Gasteiger partial charge on any atom is -0.488 e. The normalized spacial score (nSPS) is 18.2. The summed E-state index contributed by atoms with van der Waals surface area (Å²) in [6, 6.07) is 3.63. The summed E-state index contributed by atoms with van der Waals surface area (Å²) in [6.07, 6.45) is 5.68. The number of hydrogen-bond donors (Lipinski definition) is 0. The molecule has 104 valence electrons. The molecular formula is C14H15N3O3. The first kappa shape index (κ1) is 12.7. The Labute approximate surface area is 116 Å². The van der Waals surface area contributed by atoms with Crippen LogP contribution in [0, 0.1) is 6.92 Å². The fourth-order valence-electron chi connectivity index (χ4n) is 2.29. The lowest BCUT2D eigenvalue weighted by Gasteiger charge is -2.16. The van der Waals surface area contributed by atoms with Crippen molar-refractivity contribution in [3.63, 3.8) is 0 Å². The van der Waals surface area contributed by atoms with Crippen molar-refractivity contribution in [1.29, 1.82) is 0 Å². The first-order chi connectivity index (χ1) is 9.74. The molecule has 1 saturated heterocycles. The third kappa shape index (κ3) is 2.49. The molecular weight excluding hydrogens is 258 g/mol. The van der Waals surface area contributed by atoms with E-state index in [1.54, 1.807) is 24.2 Å². The molecule has 6 nitrogen and oxygen atoms in total. The zero-order valence-corrected chi connectivity index (χ0v) is 11.2. The van der Waals surface area contributed by atoms with E-state index in [4.69, 9.17) is 9.26 Å². The molecule has 0 radical (unpaired) electrons. The van der Waals surface area contributed by atoms with Gasteiger partial charge < -0.3 is 14.2 Å². The van der Waals surface area contributed by atoms with Crippen LogP contribution in [-0.4, -0.2) is 40.1 Å². The van der Waals surface area contributed by atoms with Crippen molar-refractivity contribution >= 4 is 5.91 Å². The highest BCUT2D eigenvalue weighted by molar-refractivity contribution is 5.94. The molecule has 1 aliphatic heterocycles. The molecule has 1 unspecified atom stereocenters. The van der Waals surface area contributed by atoms with Crippen LogP contribution in [0.3, 0.4) is 0 Å². The van der Waals surface area contributed by atoms with Crippen LogP contribution in [0.25, 0.3) is 0 Å². The second-order valence-electron chi connectivity index (χ2n) is 4.76. The molecule has 3 rings (SSSR count). The lowest BCUT2D eigenvalue weighted by Crippen LogP contribution is -2.31. The van der Waals surface area contributed by atoms with Crippen LogP contribution in [-0.2, 0) is 0 Å². The molecule has 0 aliphatic carbocycles. The van der Waals surface area contributed by atoms with Crippen LogP contribution >= 0.6 is 0 Å². The number of rotatable bonds is 3. The average molecular weight is 273 g/mol. The molecule has 0 aromatic carbocycles. The zero-order valence-electron chi connectivity index (χ0n) is 11.2. The Morgan fingerprint density at radius 2 is 2.25 bits per heavy atom. The molecule has 3 heterocycles. The van der Waals surface area contributed by atoms with Crippen molar-refractivity contribution in [3.8, 4) is 5.75 Å². The number of pyridine rings is 1. The zero-order chi connectivity index (χ0) is 13.9. The highest BCUT2D eigenvalue weighted by Gasteiger charge is 2.29. The van der Waals surface area contributed by atoms with Crippen LogP contribution in [0.4, 0.5) is 0 Å². The van der Waals surface area contributed by atoms with E-state index >= 15 is 0 Å². The predicted octanol–water partition coefficient (Wildman–Crippen LogP) is 1.67. The van der Waals surface area contributed by atoms with Gasteiger partial charge in [0, 0.05) is 25.4 Å². The molecule has 0 saturated carbocycles. The molecule has 0 bridgehead atoms. The van der Waals surface area contributed by atoms with Gasteiger partial charge in [-0.05, 0) is 19.1 Å². The largest absolute Gasteiger partial charge is 0.488 e. The molecule has 1 atom stereocenters. The molecule has 1 fully saturated rings. The summed E-state index contributed by atoms with van der Waals surface area (Å²) in [6.45, 7) is 2.99. The summed E-state index contributed by atoms with van der Waals surface area (Å²) < 4.78 is 10.8. The predicted molar refractivity (Wildman–Crippen MR) is 70.4 cm³/mol. The highest BCUT2D eigenvalue weighted by atomic mass is 16.5. The van der Waals surface area contributed by atoms with Gasteiger partial charge in [0.15, 0.2) is 0 Å². The van der Waals surface area contributed by atoms with Gasteiger partial charge in [-0.25, -0.2) is 0 Å². The van der Waals surface area contributed by atoms with Crippen molar-refractivity contribution in [2.24, 2.45) is 0 Å². The van der Waals surface area contributed by atoms with Crippen LogP contribution in [0.15, 0.2) is 35.2 Å². The Hall–Kier alpha value is -2.37. The number of carbonyl (C=O) groups excluding carboxylic acids is 1. The van der Waals surface area contributed by atoms with Gasteiger partial charge >= 0.3 is 0 Å².